The molecule has 3 N–H and O–H groups in total. The average Bonchev–Trinajstić information content (AvgIpc) is 2.47. The van der Waals surface area contributed by atoms with Gasteiger partial charge >= 0.3 is 0 Å². The fourth-order valence-electron chi connectivity index (χ4n) is 2.61. The lowest BCUT2D eigenvalue weighted by atomic mass is 10.1. The van der Waals surface area contributed by atoms with E-state index in [9.17, 15) is 5.11 Å². The van der Waals surface area contributed by atoms with Gasteiger partial charge in [0, 0.05) is 23.7 Å². The van der Waals surface area contributed by atoms with Crippen LogP contribution in [0.2, 0.25) is 0 Å². The molecule has 0 spiro atoms. The van der Waals surface area contributed by atoms with Crippen molar-refractivity contribution in [3.05, 3.63) is 30.3 Å². The van der Waals surface area contributed by atoms with Crippen molar-refractivity contribution in [1.29, 1.82) is 0 Å². The number of pyridine rings is 1. The number of nitrogen functional groups attached to an aromatic ring is 1. The number of hydrogen-bond acceptors (Lipinski definition) is 4. The monoisotopic (exact) mass is 273 g/mol. The van der Waals surface area contributed by atoms with Gasteiger partial charge in [0.15, 0.2) is 0 Å². The highest BCUT2D eigenvalue weighted by Gasteiger charge is 2.16. The number of anilines is 2. The van der Waals surface area contributed by atoms with Crippen molar-refractivity contribution in [2.45, 2.75) is 32.7 Å². The minimum atomic E-state index is 0.137. The van der Waals surface area contributed by atoms with E-state index in [4.69, 9.17) is 10.7 Å². The number of rotatable bonds is 6. The predicted octanol–water partition coefficient (Wildman–Crippen LogP) is 2.80. The quantitative estimate of drug-likeness (QED) is 0.794. The van der Waals surface area contributed by atoms with Gasteiger partial charge in [-0.15, -0.1) is 0 Å². The molecule has 0 aliphatic carbocycles. The fraction of sp³-hybridized carbons (Fsp3) is 0.438. The Kier molecular flexibility index (Phi) is 4.79. The molecule has 2 rings (SSSR count). The Hall–Kier alpha value is -1.81. The van der Waals surface area contributed by atoms with Gasteiger partial charge in [0.1, 0.15) is 5.82 Å². The van der Waals surface area contributed by atoms with Gasteiger partial charge in [0.25, 0.3) is 0 Å². The number of fused-ring (bicyclic) bond motifs is 1. The molecule has 1 aromatic carbocycles. The van der Waals surface area contributed by atoms with Crippen LogP contribution in [0.4, 0.5) is 11.5 Å². The van der Waals surface area contributed by atoms with Crippen LogP contribution in [-0.2, 0) is 0 Å². The summed E-state index contributed by atoms with van der Waals surface area (Å²) in [7, 11) is 0. The van der Waals surface area contributed by atoms with Crippen molar-refractivity contribution in [1.82, 2.24) is 4.98 Å². The van der Waals surface area contributed by atoms with E-state index in [1.165, 1.54) is 0 Å². The van der Waals surface area contributed by atoms with Crippen molar-refractivity contribution in [2.24, 2.45) is 0 Å². The van der Waals surface area contributed by atoms with E-state index >= 15 is 0 Å². The van der Waals surface area contributed by atoms with E-state index in [2.05, 4.69) is 18.7 Å². The molecular formula is C16H23N3O. The van der Waals surface area contributed by atoms with E-state index < -0.39 is 0 Å². The summed E-state index contributed by atoms with van der Waals surface area (Å²) in [5.74, 6) is 0.921. The van der Waals surface area contributed by atoms with Crippen molar-refractivity contribution in [2.75, 3.05) is 23.8 Å². The Bertz CT molecular complexity index is 567. The highest BCUT2D eigenvalue weighted by atomic mass is 16.3. The van der Waals surface area contributed by atoms with Crippen LogP contribution in [0.15, 0.2) is 30.3 Å². The van der Waals surface area contributed by atoms with Gasteiger partial charge in [-0.3, -0.25) is 0 Å². The first-order valence-electron chi connectivity index (χ1n) is 7.23. The molecule has 108 valence electrons. The Morgan fingerprint density at radius 1 is 1.20 bits per heavy atom. The standard InChI is InChI=1S/C16H23N3O/c1-3-14(4-2)19(9-10-20)16-8-5-12-11-13(17)6-7-15(12)18-16/h5-8,11,14,20H,3-4,9-10,17H2,1-2H3. The summed E-state index contributed by atoms with van der Waals surface area (Å²) in [5, 5.41) is 10.3. The third kappa shape index (κ3) is 3.02. The Morgan fingerprint density at radius 2 is 1.95 bits per heavy atom. The van der Waals surface area contributed by atoms with E-state index in [-0.39, 0.29) is 6.61 Å². The molecule has 1 heterocycles. The van der Waals surface area contributed by atoms with E-state index in [1.54, 1.807) is 0 Å². The smallest absolute Gasteiger partial charge is 0.129 e. The van der Waals surface area contributed by atoms with Crippen LogP contribution >= 0.6 is 0 Å². The first-order chi connectivity index (χ1) is 9.69. The molecule has 0 aliphatic rings. The Morgan fingerprint density at radius 3 is 2.60 bits per heavy atom. The number of benzene rings is 1. The molecule has 0 saturated heterocycles. The molecule has 20 heavy (non-hydrogen) atoms. The number of nitrogens with two attached hydrogens (primary N) is 1. The lowest BCUT2D eigenvalue weighted by Gasteiger charge is -2.31. The van der Waals surface area contributed by atoms with Crippen molar-refractivity contribution in [3.63, 3.8) is 0 Å². The molecule has 1 aromatic heterocycles. The molecule has 0 amide bonds. The zero-order valence-electron chi connectivity index (χ0n) is 12.2. The zero-order chi connectivity index (χ0) is 14.5. The maximum absolute atomic E-state index is 9.30. The minimum Gasteiger partial charge on any atom is -0.399 e. The second-order valence-electron chi connectivity index (χ2n) is 5.01. The third-order valence-corrected chi connectivity index (χ3v) is 3.72. The van der Waals surface area contributed by atoms with Crippen LogP contribution in [0.25, 0.3) is 10.9 Å². The van der Waals surface area contributed by atoms with Crippen LogP contribution in [-0.4, -0.2) is 29.3 Å². The molecular weight excluding hydrogens is 250 g/mol. The highest BCUT2D eigenvalue weighted by molar-refractivity contribution is 5.83. The summed E-state index contributed by atoms with van der Waals surface area (Å²) in [6.45, 7) is 5.08. The minimum absolute atomic E-state index is 0.137. The van der Waals surface area contributed by atoms with Crippen molar-refractivity contribution in [3.8, 4) is 0 Å². The molecule has 4 heteroatoms. The van der Waals surface area contributed by atoms with Crippen molar-refractivity contribution >= 4 is 22.4 Å². The lowest BCUT2D eigenvalue weighted by molar-refractivity contribution is 0.295. The van der Waals surface area contributed by atoms with Gasteiger partial charge in [-0.05, 0) is 43.2 Å². The summed E-state index contributed by atoms with van der Waals surface area (Å²) < 4.78 is 0. The van der Waals surface area contributed by atoms with Gasteiger partial charge in [0.2, 0.25) is 0 Å². The average molecular weight is 273 g/mol. The number of aromatic nitrogens is 1. The summed E-state index contributed by atoms with van der Waals surface area (Å²) in [5.41, 5.74) is 7.47. The van der Waals surface area contributed by atoms with Crippen molar-refractivity contribution < 1.29 is 5.11 Å². The summed E-state index contributed by atoms with van der Waals surface area (Å²) in [4.78, 5) is 6.90. The first-order valence-corrected chi connectivity index (χ1v) is 7.23. The first kappa shape index (κ1) is 14.6. The van der Waals surface area contributed by atoms with Crippen LogP contribution in [0.3, 0.4) is 0 Å². The third-order valence-electron chi connectivity index (χ3n) is 3.72. The molecule has 4 nitrogen and oxygen atoms in total. The van der Waals surface area contributed by atoms with Gasteiger partial charge in [-0.2, -0.15) is 0 Å². The van der Waals surface area contributed by atoms with Crippen LogP contribution in [0.1, 0.15) is 26.7 Å². The van der Waals surface area contributed by atoms with E-state index in [0.717, 1.165) is 35.2 Å². The van der Waals surface area contributed by atoms with Gasteiger partial charge < -0.3 is 15.7 Å². The SMILES string of the molecule is CCC(CC)N(CCO)c1ccc2cc(N)ccc2n1. The Balaban J connectivity index is 2.40. The highest BCUT2D eigenvalue weighted by Crippen LogP contribution is 2.23. The molecule has 0 atom stereocenters. The zero-order valence-corrected chi connectivity index (χ0v) is 12.2. The normalized spacial score (nSPS) is 11.2. The van der Waals surface area contributed by atoms with Gasteiger partial charge in [0.05, 0.1) is 12.1 Å². The van der Waals surface area contributed by atoms with Gasteiger partial charge in [-0.1, -0.05) is 13.8 Å². The topological polar surface area (TPSA) is 62.4 Å². The largest absolute Gasteiger partial charge is 0.399 e. The molecule has 2 aromatic rings. The fourth-order valence-corrected chi connectivity index (χ4v) is 2.61. The lowest BCUT2D eigenvalue weighted by Crippen LogP contribution is -2.37. The van der Waals surface area contributed by atoms with Crippen LogP contribution < -0.4 is 10.6 Å². The maximum Gasteiger partial charge on any atom is 0.129 e. The van der Waals surface area contributed by atoms with Crippen LogP contribution in [0, 0.1) is 0 Å². The van der Waals surface area contributed by atoms with Crippen LogP contribution in [0.5, 0.6) is 0 Å². The number of nitrogens with zero attached hydrogens (tertiary/aromatic N) is 2. The maximum atomic E-state index is 9.30. The molecule has 0 aliphatic heterocycles. The number of aliphatic hydroxyl groups is 1. The molecule has 0 bridgehead atoms. The molecule has 0 radical (unpaired) electrons. The second-order valence-corrected chi connectivity index (χ2v) is 5.01. The summed E-state index contributed by atoms with van der Waals surface area (Å²) >= 11 is 0. The van der Waals surface area contributed by atoms with Gasteiger partial charge in [-0.25, -0.2) is 4.98 Å². The number of hydrogen-bond donors (Lipinski definition) is 2. The Labute approximate surface area is 120 Å². The second kappa shape index (κ2) is 6.57. The summed E-state index contributed by atoms with van der Waals surface area (Å²) in [6.07, 6.45) is 2.08. The molecule has 0 unspecified atom stereocenters. The predicted molar refractivity (Wildman–Crippen MR) is 85.0 cm³/mol. The molecule has 0 saturated carbocycles. The van der Waals surface area contributed by atoms with E-state index in [0.29, 0.717) is 12.6 Å². The number of aliphatic hydroxyl groups excluding tert-OH is 1. The molecule has 0 fully saturated rings. The van der Waals surface area contributed by atoms with E-state index in [1.807, 2.05) is 30.3 Å². The summed E-state index contributed by atoms with van der Waals surface area (Å²) in [6, 6.07) is 10.2.